The molecule has 1 fully saturated rings. The van der Waals surface area contributed by atoms with E-state index in [1.54, 1.807) is 11.3 Å². The highest BCUT2D eigenvalue weighted by atomic mass is 127. The minimum absolute atomic E-state index is 0. The zero-order chi connectivity index (χ0) is 16.0. The van der Waals surface area contributed by atoms with Crippen LogP contribution in [-0.4, -0.2) is 49.8 Å². The van der Waals surface area contributed by atoms with Gasteiger partial charge in [-0.25, -0.2) is 4.99 Å². The Balaban J connectivity index is 0.00000264. The number of thiophene rings is 1. The van der Waals surface area contributed by atoms with E-state index in [9.17, 15) is 13.2 Å². The van der Waals surface area contributed by atoms with E-state index in [4.69, 9.17) is 0 Å². The number of halogens is 4. The van der Waals surface area contributed by atoms with Gasteiger partial charge in [0.15, 0.2) is 5.96 Å². The molecule has 9 heteroatoms. The molecule has 0 spiro atoms. The Morgan fingerprint density at radius 2 is 2.17 bits per heavy atom. The normalized spacial score (nSPS) is 15.4. The van der Waals surface area contributed by atoms with Crippen molar-refractivity contribution < 1.29 is 13.2 Å². The zero-order valence-corrected chi connectivity index (χ0v) is 16.0. The van der Waals surface area contributed by atoms with Gasteiger partial charge in [-0.15, -0.1) is 35.3 Å². The van der Waals surface area contributed by atoms with Crippen molar-refractivity contribution in [3.05, 3.63) is 22.4 Å². The number of likely N-dealkylation sites (N-methyl/N-ethyl adjacent to an activating group) is 1. The van der Waals surface area contributed by atoms with Crippen molar-refractivity contribution in [1.82, 2.24) is 15.5 Å². The second-order valence-electron chi connectivity index (χ2n) is 5.44. The lowest BCUT2D eigenvalue weighted by molar-refractivity contribution is -0.142. The van der Waals surface area contributed by atoms with E-state index >= 15 is 0 Å². The number of hydrogen-bond acceptors (Lipinski definition) is 3. The monoisotopic (exact) mass is 462 g/mol. The average molecular weight is 462 g/mol. The van der Waals surface area contributed by atoms with Crippen molar-refractivity contribution in [2.75, 3.05) is 26.7 Å². The molecule has 23 heavy (non-hydrogen) atoms. The number of guanidine groups is 1. The second kappa shape index (κ2) is 9.67. The summed E-state index contributed by atoms with van der Waals surface area (Å²) in [6.45, 7) is 0.421. The van der Waals surface area contributed by atoms with Crippen LogP contribution in [0.2, 0.25) is 0 Å². The molecule has 0 aromatic carbocycles. The first-order valence-corrected chi connectivity index (χ1v) is 8.13. The van der Waals surface area contributed by atoms with E-state index in [2.05, 4.69) is 15.6 Å². The smallest absolute Gasteiger partial charge is 0.355 e. The summed E-state index contributed by atoms with van der Waals surface area (Å²) in [7, 11) is 1.46. The summed E-state index contributed by atoms with van der Waals surface area (Å²) in [5.74, 6) is 0.677. The highest BCUT2D eigenvalue weighted by Crippen LogP contribution is 2.18. The van der Waals surface area contributed by atoms with Crippen molar-refractivity contribution in [1.29, 1.82) is 0 Å². The molecule has 0 saturated heterocycles. The maximum absolute atomic E-state index is 12.3. The Morgan fingerprint density at radius 3 is 2.74 bits per heavy atom. The summed E-state index contributed by atoms with van der Waals surface area (Å²) in [5, 5.41) is 8.38. The van der Waals surface area contributed by atoms with Gasteiger partial charge >= 0.3 is 6.18 Å². The topological polar surface area (TPSA) is 39.7 Å². The van der Waals surface area contributed by atoms with E-state index in [1.165, 1.54) is 11.9 Å². The van der Waals surface area contributed by atoms with Crippen LogP contribution in [0.3, 0.4) is 0 Å². The van der Waals surface area contributed by atoms with Crippen molar-refractivity contribution in [2.24, 2.45) is 4.99 Å². The third-order valence-electron chi connectivity index (χ3n) is 3.13. The summed E-state index contributed by atoms with van der Waals surface area (Å²) in [6.07, 6.45) is -1.92. The van der Waals surface area contributed by atoms with Crippen molar-refractivity contribution in [3.63, 3.8) is 0 Å². The van der Waals surface area contributed by atoms with E-state index in [-0.39, 0.29) is 24.0 Å². The maximum atomic E-state index is 12.3. The molecule has 1 aliphatic carbocycles. The Morgan fingerprint density at radius 1 is 1.43 bits per heavy atom. The molecule has 1 aliphatic rings. The fourth-order valence-corrected chi connectivity index (χ4v) is 2.51. The van der Waals surface area contributed by atoms with Crippen LogP contribution >= 0.6 is 35.3 Å². The maximum Gasteiger partial charge on any atom is 0.401 e. The second-order valence-corrected chi connectivity index (χ2v) is 6.47. The largest absolute Gasteiger partial charge is 0.401 e. The predicted octanol–water partition coefficient (Wildman–Crippen LogP) is 3.06. The quantitative estimate of drug-likeness (QED) is 0.372. The molecule has 0 radical (unpaired) electrons. The van der Waals surface area contributed by atoms with E-state index in [1.807, 2.05) is 17.5 Å². The zero-order valence-electron chi connectivity index (χ0n) is 12.9. The van der Waals surface area contributed by atoms with Crippen LogP contribution in [0.25, 0.3) is 0 Å². The van der Waals surface area contributed by atoms with Crippen molar-refractivity contribution in [3.8, 4) is 0 Å². The number of hydrogen-bond donors (Lipinski definition) is 2. The highest BCUT2D eigenvalue weighted by Gasteiger charge is 2.29. The molecule has 1 saturated carbocycles. The molecular formula is C14H22F3IN4S. The summed E-state index contributed by atoms with van der Waals surface area (Å²) >= 11 is 1.64. The molecule has 0 amide bonds. The van der Waals surface area contributed by atoms with Gasteiger partial charge in [0.05, 0.1) is 13.1 Å². The van der Waals surface area contributed by atoms with Gasteiger partial charge in [0.2, 0.25) is 0 Å². The van der Waals surface area contributed by atoms with Gasteiger partial charge in [-0.3, -0.25) is 4.90 Å². The van der Waals surface area contributed by atoms with Crippen LogP contribution in [-0.2, 0) is 6.54 Å². The van der Waals surface area contributed by atoms with Gasteiger partial charge in [0.1, 0.15) is 0 Å². The van der Waals surface area contributed by atoms with Gasteiger partial charge in [0.25, 0.3) is 0 Å². The molecule has 0 atom stereocenters. The number of nitrogens with one attached hydrogen (secondary N) is 2. The Labute approximate surface area is 155 Å². The molecule has 0 bridgehead atoms. The Kier molecular flexibility index (Phi) is 8.62. The van der Waals surface area contributed by atoms with Gasteiger partial charge in [0, 0.05) is 24.0 Å². The molecule has 2 N–H and O–H groups in total. The first-order chi connectivity index (χ1) is 10.4. The van der Waals surface area contributed by atoms with E-state index in [0.29, 0.717) is 31.6 Å². The standard InChI is InChI=1S/C14H21F3N4S.HI/c1-21(10-14(15,16)17)7-6-18-13(20-11-4-5-11)19-9-12-3-2-8-22-12;/h2-3,8,11H,4-7,9-10H2,1H3,(H2,18,19,20);1H. The Hall–Kier alpha value is -0.550. The van der Waals surface area contributed by atoms with Crippen LogP contribution < -0.4 is 10.6 Å². The molecule has 0 unspecified atom stereocenters. The number of alkyl halides is 3. The predicted molar refractivity (Wildman–Crippen MR) is 98.6 cm³/mol. The molecule has 4 nitrogen and oxygen atoms in total. The SMILES string of the molecule is CN(CCNC(=NCc1cccs1)NC1CC1)CC(F)(F)F.I. The van der Waals surface area contributed by atoms with Crippen LogP contribution in [0.5, 0.6) is 0 Å². The Bertz CT molecular complexity index is 475. The molecular weight excluding hydrogens is 440 g/mol. The first kappa shape index (κ1) is 20.5. The van der Waals surface area contributed by atoms with Crippen molar-refractivity contribution in [2.45, 2.75) is 31.6 Å². The lowest BCUT2D eigenvalue weighted by atomic mass is 10.4. The van der Waals surface area contributed by atoms with E-state index < -0.39 is 12.7 Å². The lowest BCUT2D eigenvalue weighted by Crippen LogP contribution is -2.43. The summed E-state index contributed by atoms with van der Waals surface area (Å²) in [6, 6.07) is 4.44. The van der Waals surface area contributed by atoms with E-state index in [0.717, 1.165) is 17.7 Å². The molecule has 2 rings (SSSR count). The summed E-state index contributed by atoms with van der Waals surface area (Å²) < 4.78 is 36.8. The third kappa shape index (κ3) is 9.36. The van der Waals surface area contributed by atoms with Gasteiger partial charge in [-0.1, -0.05) is 6.07 Å². The van der Waals surface area contributed by atoms with Crippen LogP contribution in [0, 0.1) is 0 Å². The van der Waals surface area contributed by atoms with Crippen LogP contribution in [0.4, 0.5) is 13.2 Å². The molecule has 132 valence electrons. The van der Waals surface area contributed by atoms with Crippen molar-refractivity contribution >= 4 is 41.3 Å². The number of aliphatic imine (C=N–C) groups is 1. The van der Waals surface area contributed by atoms with Gasteiger partial charge < -0.3 is 10.6 Å². The highest BCUT2D eigenvalue weighted by molar-refractivity contribution is 14.0. The van der Waals surface area contributed by atoms with Crippen LogP contribution in [0.1, 0.15) is 17.7 Å². The number of nitrogens with zero attached hydrogens (tertiary/aromatic N) is 2. The molecule has 1 aromatic rings. The third-order valence-corrected chi connectivity index (χ3v) is 3.99. The minimum Gasteiger partial charge on any atom is -0.355 e. The number of rotatable bonds is 7. The molecule has 1 heterocycles. The van der Waals surface area contributed by atoms with Crippen LogP contribution in [0.15, 0.2) is 22.5 Å². The lowest BCUT2D eigenvalue weighted by Gasteiger charge is -2.19. The fraction of sp³-hybridized carbons (Fsp3) is 0.643. The molecule has 1 aromatic heterocycles. The molecule has 0 aliphatic heterocycles. The first-order valence-electron chi connectivity index (χ1n) is 7.25. The summed E-state index contributed by atoms with van der Waals surface area (Å²) in [5.41, 5.74) is 0. The summed E-state index contributed by atoms with van der Waals surface area (Å²) in [4.78, 5) is 6.89. The fourth-order valence-electron chi connectivity index (χ4n) is 1.88. The minimum atomic E-state index is -4.16. The average Bonchev–Trinajstić information content (AvgIpc) is 3.06. The van der Waals surface area contributed by atoms with Gasteiger partial charge in [-0.2, -0.15) is 13.2 Å². The van der Waals surface area contributed by atoms with Gasteiger partial charge in [-0.05, 0) is 31.3 Å².